The molecule has 0 unspecified atom stereocenters. The summed E-state index contributed by atoms with van der Waals surface area (Å²) in [6.07, 6.45) is 2.94. The van der Waals surface area contributed by atoms with Crippen molar-refractivity contribution in [1.29, 1.82) is 5.26 Å². The van der Waals surface area contributed by atoms with E-state index in [2.05, 4.69) is 6.07 Å². The van der Waals surface area contributed by atoms with Crippen LogP contribution in [0.2, 0.25) is 5.02 Å². The van der Waals surface area contributed by atoms with E-state index in [4.69, 9.17) is 21.3 Å². The van der Waals surface area contributed by atoms with Gasteiger partial charge in [-0.3, -0.25) is 0 Å². The van der Waals surface area contributed by atoms with Crippen molar-refractivity contribution in [2.24, 2.45) is 0 Å². The number of carbonyl (C=O) groups is 1. The number of amides is 1. The number of piperidine rings is 1. The highest BCUT2D eigenvalue weighted by atomic mass is 35.5. The maximum Gasteiger partial charge on any atom is 0.410 e. The molecule has 154 valence electrons. The van der Waals surface area contributed by atoms with Gasteiger partial charge in [0, 0.05) is 30.8 Å². The van der Waals surface area contributed by atoms with E-state index in [9.17, 15) is 14.4 Å². The molecule has 1 aromatic carbocycles. The lowest BCUT2D eigenvalue weighted by Gasteiger charge is -2.33. The van der Waals surface area contributed by atoms with Gasteiger partial charge in [0.1, 0.15) is 23.8 Å². The third kappa shape index (κ3) is 5.07. The summed E-state index contributed by atoms with van der Waals surface area (Å²) in [5.74, 6) is 0.430. The molecular weight excluding hydrogens is 395 g/mol. The van der Waals surface area contributed by atoms with E-state index in [1.807, 2.05) is 25.3 Å². The van der Waals surface area contributed by atoms with E-state index < -0.39 is 11.4 Å². The molecule has 1 aliphatic heterocycles. The van der Waals surface area contributed by atoms with Gasteiger partial charge in [-0.1, -0.05) is 11.6 Å². The zero-order valence-electron chi connectivity index (χ0n) is 16.8. The summed E-state index contributed by atoms with van der Waals surface area (Å²) in [5, 5.41) is 9.22. The molecule has 1 saturated heterocycles. The number of hydrogen-bond donors (Lipinski definition) is 0. The molecule has 2 aromatic rings. The van der Waals surface area contributed by atoms with Gasteiger partial charge in [-0.05, 0) is 51.8 Å². The van der Waals surface area contributed by atoms with Crippen molar-refractivity contribution in [2.45, 2.75) is 51.7 Å². The second-order valence-corrected chi connectivity index (χ2v) is 8.55. The highest BCUT2D eigenvalue weighted by molar-refractivity contribution is 6.31. The Labute approximate surface area is 174 Å². The summed E-state index contributed by atoms with van der Waals surface area (Å²) < 4.78 is 20.7. The molecular formula is C21H24ClFN4O2. The van der Waals surface area contributed by atoms with Crippen LogP contribution in [-0.2, 0) is 11.3 Å². The van der Waals surface area contributed by atoms with Gasteiger partial charge in [0.25, 0.3) is 0 Å². The van der Waals surface area contributed by atoms with E-state index in [1.54, 1.807) is 17.2 Å². The number of hydrogen-bond acceptors (Lipinski definition) is 4. The fourth-order valence-electron chi connectivity index (χ4n) is 3.40. The van der Waals surface area contributed by atoms with Gasteiger partial charge in [0.05, 0.1) is 16.8 Å². The Morgan fingerprint density at radius 2 is 2.07 bits per heavy atom. The van der Waals surface area contributed by atoms with Crippen molar-refractivity contribution in [1.82, 2.24) is 14.5 Å². The summed E-state index contributed by atoms with van der Waals surface area (Å²) >= 11 is 5.90. The van der Waals surface area contributed by atoms with Crippen LogP contribution < -0.4 is 0 Å². The molecule has 8 heteroatoms. The monoisotopic (exact) mass is 418 g/mol. The topological polar surface area (TPSA) is 71.2 Å². The average Bonchev–Trinajstić information content (AvgIpc) is 3.07. The number of likely N-dealkylation sites (tertiary alicyclic amines) is 1. The van der Waals surface area contributed by atoms with Crippen molar-refractivity contribution in [3.8, 4) is 17.3 Å². The van der Waals surface area contributed by atoms with Crippen LogP contribution in [0.4, 0.5) is 9.18 Å². The highest BCUT2D eigenvalue weighted by Crippen LogP contribution is 2.31. The van der Waals surface area contributed by atoms with Crippen molar-refractivity contribution in [3.05, 3.63) is 41.1 Å². The Morgan fingerprint density at radius 1 is 1.38 bits per heavy atom. The van der Waals surface area contributed by atoms with Crippen LogP contribution in [-0.4, -0.2) is 39.2 Å². The normalized spacial score (nSPS) is 15.2. The molecule has 29 heavy (non-hydrogen) atoms. The fourth-order valence-corrected chi connectivity index (χ4v) is 3.58. The Kier molecular flexibility index (Phi) is 6.13. The maximum atomic E-state index is 13.5. The van der Waals surface area contributed by atoms with Crippen LogP contribution in [0.25, 0.3) is 11.3 Å². The summed E-state index contributed by atoms with van der Waals surface area (Å²) in [4.78, 5) is 18.7. The van der Waals surface area contributed by atoms with Crippen molar-refractivity contribution in [2.75, 3.05) is 13.1 Å². The lowest BCUT2D eigenvalue weighted by atomic mass is 9.96. The van der Waals surface area contributed by atoms with Crippen LogP contribution in [0.5, 0.6) is 0 Å². The average molecular weight is 419 g/mol. The summed E-state index contributed by atoms with van der Waals surface area (Å²) in [5.41, 5.74) is 0.815. The second kappa shape index (κ2) is 8.42. The van der Waals surface area contributed by atoms with Crippen LogP contribution in [0, 0.1) is 17.1 Å². The number of nitriles is 1. The molecule has 0 radical (unpaired) electrons. The minimum atomic E-state index is -0.525. The Bertz CT molecular complexity index is 937. The molecule has 0 aliphatic carbocycles. The lowest BCUT2D eigenvalue weighted by Crippen LogP contribution is -2.41. The number of imidazole rings is 1. The molecule has 1 aromatic heterocycles. The number of halogens is 2. The first-order chi connectivity index (χ1) is 13.7. The Morgan fingerprint density at radius 3 is 2.66 bits per heavy atom. The summed E-state index contributed by atoms with van der Waals surface area (Å²) in [6, 6.07) is 6.61. The summed E-state index contributed by atoms with van der Waals surface area (Å²) in [6.45, 7) is 6.84. The minimum absolute atomic E-state index is 0.0320. The zero-order valence-corrected chi connectivity index (χ0v) is 17.5. The molecule has 0 bridgehead atoms. The maximum absolute atomic E-state index is 13.5. The molecule has 0 N–H and O–H groups in total. The van der Waals surface area contributed by atoms with Crippen molar-refractivity contribution in [3.63, 3.8) is 0 Å². The molecule has 3 rings (SSSR count). The number of aromatic nitrogens is 2. The molecule has 2 heterocycles. The predicted octanol–water partition coefficient (Wildman–Crippen LogP) is 4.98. The third-order valence-corrected chi connectivity index (χ3v) is 5.07. The molecule has 1 fully saturated rings. The third-order valence-electron chi connectivity index (χ3n) is 4.78. The lowest BCUT2D eigenvalue weighted by molar-refractivity contribution is 0.0202. The zero-order chi connectivity index (χ0) is 21.2. The predicted molar refractivity (Wildman–Crippen MR) is 108 cm³/mol. The van der Waals surface area contributed by atoms with E-state index in [0.29, 0.717) is 24.3 Å². The fraction of sp³-hybridized carbons (Fsp3) is 0.476. The van der Waals surface area contributed by atoms with Gasteiger partial charge < -0.3 is 14.2 Å². The first-order valence-corrected chi connectivity index (χ1v) is 9.93. The smallest absolute Gasteiger partial charge is 0.410 e. The number of rotatable bonds is 3. The van der Waals surface area contributed by atoms with Crippen molar-refractivity contribution < 1.29 is 13.9 Å². The van der Waals surface area contributed by atoms with Gasteiger partial charge >= 0.3 is 6.09 Å². The second-order valence-electron chi connectivity index (χ2n) is 8.14. The Hall–Kier alpha value is -2.59. The number of carbonyl (C=O) groups excluding carboxylic acids is 1. The van der Waals surface area contributed by atoms with E-state index in [0.717, 1.165) is 18.7 Å². The van der Waals surface area contributed by atoms with Gasteiger partial charge in [-0.15, -0.1) is 0 Å². The quantitative estimate of drug-likeness (QED) is 0.704. The van der Waals surface area contributed by atoms with Crippen LogP contribution in [0.15, 0.2) is 24.4 Å². The molecule has 0 spiro atoms. The largest absolute Gasteiger partial charge is 0.444 e. The minimum Gasteiger partial charge on any atom is -0.444 e. The Balaban J connectivity index is 1.77. The number of nitrogens with zero attached hydrogens (tertiary/aromatic N) is 4. The molecule has 6 nitrogen and oxygen atoms in total. The van der Waals surface area contributed by atoms with Crippen LogP contribution in [0.3, 0.4) is 0 Å². The molecule has 1 aliphatic rings. The van der Waals surface area contributed by atoms with E-state index >= 15 is 0 Å². The number of ether oxygens (including phenoxy) is 1. The van der Waals surface area contributed by atoms with Crippen LogP contribution in [0.1, 0.15) is 45.4 Å². The first-order valence-electron chi connectivity index (χ1n) is 9.55. The van der Waals surface area contributed by atoms with E-state index in [1.165, 1.54) is 12.1 Å². The van der Waals surface area contributed by atoms with Crippen LogP contribution >= 0.6 is 11.6 Å². The van der Waals surface area contributed by atoms with Gasteiger partial charge in [0.2, 0.25) is 0 Å². The number of benzene rings is 1. The summed E-state index contributed by atoms with van der Waals surface area (Å²) in [7, 11) is 0. The van der Waals surface area contributed by atoms with Crippen molar-refractivity contribution >= 4 is 17.7 Å². The molecule has 1 amide bonds. The highest BCUT2D eigenvalue weighted by Gasteiger charge is 2.29. The molecule has 0 atom stereocenters. The first kappa shape index (κ1) is 21.1. The van der Waals surface area contributed by atoms with Gasteiger partial charge in [-0.25, -0.2) is 14.2 Å². The molecule has 0 saturated carbocycles. The van der Waals surface area contributed by atoms with Gasteiger partial charge in [-0.2, -0.15) is 5.26 Å². The van der Waals surface area contributed by atoms with Gasteiger partial charge in [0.15, 0.2) is 0 Å². The SMILES string of the molecule is CC(C)(C)OC(=O)N1CCC(c2nc(-c3ccc(F)c(Cl)c3)cn2CC#N)CC1. The standard InChI is InChI=1S/C21H24ClFN4O2/c1-21(2,3)29-20(28)26-9-6-14(7-10-26)19-25-18(13-27(19)11-8-24)15-4-5-17(23)16(22)12-15/h4-5,12-14H,6-7,9-11H2,1-3H3. The van der Waals surface area contributed by atoms with E-state index in [-0.39, 0.29) is 23.6 Å².